The Balaban J connectivity index is 2.58. The van der Waals surface area contributed by atoms with Crippen LogP contribution in [-0.4, -0.2) is 17.5 Å². The number of fused-ring (bicyclic) bond motifs is 1. The van der Waals surface area contributed by atoms with Gasteiger partial charge in [-0.2, -0.15) is 0 Å². The van der Waals surface area contributed by atoms with Crippen LogP contribution in [0.1, 0.15) is 34.0 Å². The summed E-state index contributed by atoms with van der Waals surface area (Å²) in [6.07, 6.45) is 0.815. The highest BCUT2D eigenvalue weighted by molar-refractivity contribution is 5.99. The fraction of sp³-hybridized carbons (Fsp3) is 0.417. The summed E-state index contributed by atoms with van der Waals surface area (Å²) < 4.78 is 5.22. The van der Waals surface area contributed by atoms with Crippen LogP contribution in [0.3, 0.4) is 0 Å². The largest absolute Gasteiger partial charge is 0.392 e. The topological polar surface area (TPSA) is 46.5 Å². The second-order valence-electron chi connectivity index (χ2n) is 3.66. The van der Waals surface area contributed by atoms with Gasteiger partial charge >= 0.3 is 0 Å². The first-order chi connectivity index (χ1) is 7.27. The zero-order valence-corrected chi connectivity index (χ0v) is 8.75. The number of hydrogen-bond donors (Lipinski definition) is 1. The van der Waals surface area contributed by atoms with Gasteiger partial charge in [0.2, 0.25) is 0 Å². The van der Waals surface area contributed by atoms with Crippen LogP contribution in [-0.2, 0) is 24.4 Å². The minimum atomic E-state index is 0.0185. The molecule has 0 bridgehead atoms. The highest BCUT2D eigenvalue weighted by Crippen LogP contribution is 2.24. The van der Waals surface area contributed by atoms with E-state index in [0.717, 1.165) is 28.7 Å². The predicted octanol–water partition coefficient (Wildman–Crippen LogP) is 1.45. The Kier molecular flexibility index (Phi) is 2.84. The number of rotatable bonds is 2. The lowest BCUT2D eigenvalue weighted by molar-refractivity contribution is 0.0662. The number of carbonyl (C=O) groups is 1. The van der Waals surface area contributed by atoms with E-state index < -0.39 is 0 Å². The van der Waals surface area contributed by atoms with Crippen molar-refractivity contribution in [3.63, 3.8) is 0 Å². The van der Waals surface area contributed by atoms with Gasteiger partial charge in [-0.05, 0) is 23.1 Å². The molecule has 0 fully saturated rings. The number of aliphatic hydroxyl groups excluding tert-OH is 1. The van der Waals surface area contributed by atoms with Gasteiger partial charge in [0.15, 0.2) is 5.78 Å². The second kappa shape index (κ2) is 4.13. The first-order valence-electron chi connectivity index (χ1n) is 5.13. The molecular formula is C12H14O3. The van der Waals surface area contributed by atoms with Crippen LogP contribution in [0.2, 0.25) is 0 Å². The summed E-state index contributed by atoms with van der Waals surface area (Å²) in [5, 5.41) is 9.19. The molecule has 3 heteroatoms. The summed E-state index contributed by atoms with van der Waals surface area (Å²) in [5.41, 5.74) is 3.67. The van der Waals surface area contributed by atoms with Gasteiger partial charge in [0.05, 0.1) is 13.2 Å². The zero-order chi connectivity index (χ0) is 10.8. The molecule has 0 spiro atoms. The van der Waals surface area contributed by atoms with E-state index in [1.165, 1.54) is 0 Å². The fourth-order valence-electron chi connectivity index (χ4n) is 2.08. The van der Waals surface area contributed by atoms with Crippen molar-refractivity contribution in [3.8, 4) is 0 Å². The summed E-state index contributed by atoms with van der Waals surface area (Å²) in [5.74, 6) is 0.0374. The van der Waals surface area contributed by atoms with Crippen LogP contribution in [0, 0.1) is 0 Å². The van der Waals surface area contributed by atoms with Crippen molar-refractivity contribution in [3.05, 3.63) is 34.4 Å². The van der Waals surface area contributed by atoms with Crippen LogP contribution in [0.15, 0.2) is 12.1 Å². The van der Waals surface area contributed by atoms with Gasteiger partial charge in [-0.1, -0.05) is 19.1 Å². The maximum atomic E-state index is 11.6. The highest BCUT2D eigenvalue weighted by atomic mass is 16.5. The van der Waals surface area contributed by atoms with Crippen molar-refractivity contribution in [2.75, 3.05) is 6.61 Å². The Hall–Kier alpha value is -1.19. The smallest absolute Gasteiger partial charge is 0.188 e. The molecule has 80 valence electrons. The van der Waals surface area contributed by atoms with Crippen LogP contribution < -0.4 is 0 Å². The Labute approximate surface area is 88.7 Å². The van der Waals surface area contributed by atoms with Gasteiger partial charge in [-0.15, -0.1) is 0 Å². The molecule has 3 nitrogen and oxygen atoms in total. The third kappa shape index (κ3) is 1.68. The monoisotopic (exact) mass is 206 g/mol. The molecule has 1 aromatic rings. The summed E-state index contributed by atoms with van der Waals surface area (Å²) >= 11 is 0. The van der Waals surface area contributed by atoms with Gasteiger partial charge < -0.3 is 9.84 Å². The van der Waals surface area contributed by atoms with E-state index in [1.54, 1.807) is 6.07 Å². The summed E-state index contributed by atoms with van der Waals surface area (Å²) in [6.45, 7) is 2.70. The number of ether oxygens (including phenoxy) is 1. The molecule has 15 heavy (non-hydrogen) atoms. The Morgan fingerprint density at radius 3 is 2.87 bits per heavy atom. The van der Waals surface area contributed by atoms with Crippen LogP contribution in [0.4, 0.5) is 0 Å². The molecule has 0 unspecified atom stereocenters. The number of aliphatic hydroxyl groups is 1. The molecule has 0 amide bonds. The van der Waals surface area contributed by atoms with Crippen molar-refractivity contribution in [2.24, 2.45) is 0 Å². The molecule has 1 aliphatic rings. The normalized spacial score (nSPS) is 15.2. The molecule has 0 aliphatic carbocycles. The lowest BCUT2D eigenvalue weighted by atomic mass is 9.92. The molecule has 1 aliphatic heterocycles. The average Bonchev–Trinajstić information content (AvgIpc) is 2.28. The van der Waals surface area contributed by atoms with Crippen LogP contribution in [0.25, 0.3) is 0 Å². The molecular weight excluding hydrogens is 192 g/mol. The Morgan fingerprint density at radius 1 is 1.40 bits per heavy atom. The van der Waals surface area contributed by atoms with E-state index >= 15 is 0 Å². The fourth-order valence-corrected chi connectivity index (χ4v) is 2.08. The van der Waals surface area contributed by atoms with Crippen molar-refractivity contribution >= 4 is 5.78 Å². The van der Waals surface area contributed by atoms with Crippen molar-refractivity contribution in [1.29, 1.82) is 0 Å². The minimum Gasteiger partial charge on any atom is -0.392 e. The molecule has 1 N–H and O–H groups in total. The molecule has 1 heterocycles. The van der Waals surface area contributed by atoms with Crippen molar-refractivity contribution in [2.45, 2.75) is 26.6 Å². The summed E-state index contributed by atoms with van der Waals surface area (Å²) in [7, 11) is 0. The van der Waals surface area contributed by atoms with Gasteiger partial charge in [0, 0.05) is 5.56 Å². The van der Waals surface area contributed by atoms with Crippen LogP contribution in [0.5, 0.6) is 0 Å². The standard InChI is InChI=1S/C12H14O3/c1-2-9-8(5-13)3-4-10-11(9)6-15-7-12(10)14/h3-4,13H,2,5-7H2,1H3. The molecule has 0 aromatic heterocycles. The van der Waals surface area contributed by atoms with Gasteiger partial charge in [0.1, 0.15) is 6.61 Å². The maximum absolute atomic E-state index is 11.6. The molecule has 0 saturated carbocycles. The van der Waals surface area contributed by atoms with E-state index in [9.17, 15) is 9.90 Å². The Bertz CT molecular complexity index is 396. The molecule has 1 aromatic carbocycles. The Morgan fingerprint density at radius 2 is 2.20 bits per heavy atom. The quantitative estimate of drug-likeness (QED) is 0.796. The van der Waals surface area contributed by atoms with E-state index in [2.05, 4.69) is 0 Å². The van der Waals surface area contributed by atoms with E-state index in [0.29, 0.717) is 6.61 Å². The number of carbonyl (C=O) groups excluding carboxylic acids is 1. The summed E-state index contributed by atoms with van der Waals surface area (Å²) in [6, 6.07) is 3.63. The van der Waals surface area contributed by atoms with Gasteiger partial charge in [-0.3, -0.25) is 4.79 Å². The maximum Gasteiger partial charge on any atom is 0.188 e. The molecule has 0 radical (unpaired) electrons. The third-order valence-corrected chi connectivity index (χ3v) is 2.83. The first kappa shape index (κ1) is 10.3. The van der Waals surface area contributed by atoms with Gasteiger partial charge in [0.25, 0.3) is 0 Å². The number of hydrogen-bond acceptors (Lipinski definition) is 3. The van der Waals surface area contributed by atoms with E-state index in [-0.39, 0.29) is 19.0 Å². The first-order valence-corrected chi connectivity index (χ1v) is 5.13. The lowest BCUT2D eigenvalue weighted by Crippen LogP contribution is -2.20. The van der Waals surface area contributed by atoms with Crippen molar-refractivity contribution < 1.29 is 14.6 Å². The van der Waals surface area contributed by atoms with Crippen LogP contribution >= 0.6 is 0 Å². The average molecular weight is 206 g/mol. The highest BCUT2D eigenvalue weighted by Gasteiger charge is 2.21. The van der Waals surface area contributed by atoms with E-state index in [4.69, 9.17) is 4.74 Å². The molecule has 0 atom stereocenters. The van der Waals surface area contributed by atoms with Gasteiger partial charge in [-0.25, -0.2) is 0 Å². The minimum absolute atomic E-state index is 0.0185. The number of benzene rings is 1. The summed E-state index contributed by atoms with van der Waals surface area (Å²) in [4.78, 5) is 11.6. The lowest BCUT2D eigenvalue weighted by Gasteiger charge is -2.20. The molecule has 0 saturated heterocycles. The predicted molar refractivity (Wildman–Crippen MR) is 55.7 cm³/mol. The SMILES string of the molecule is CCc1c(CO)ccc2c1COCC2=O. The number of ketones is 1. The number of Topliss-reactive ketones (excluding diaryl/α,β-unsaturated/α-hetero) is 1. The van der Waals surface area contributed by atoms with E-state index in [1.807, 2.05) is 13.0 Å². The second-order valence-corrected chi connectivity index (χ2v) is 3.66. The zero-order valence-electron chi connectivity index (χ0n) is 8.75. The molecule has 2 rings (SSSR count). The third-order valence-electron chi connectivity index (χ3n) is 2.83. The van der Waals surface area contributed by atoms with Crippen molar-refractivity contribution in [1.82, 2.24) is 0 Å².